The van der Waals surface area contributed by atoms with Gasteiger partial charge in [-0.1, -0.05) is 30.8 Å². The third kappa shape index (κ3) is 3.55. The van der Waals surface area contributed by atoms with Crippen molar-refractivity contribution in [3.8, 4) is 0 Å². The van der Waals surface area contributed by atoms with E-state index in [4.69, 9.17) is 0 Å². The first-order valence-corrected chi connectivity index (χ1v) is 10.00. The van der Waals surface area contributed by atoms with Crippen molar-refractivity contribution < 1.29 is 4.79 Å². The second kappa shape index (κ2) is 7.84. The average Bonchev–Trinajstić information content (AvgIpc) is 3.13. The predicted molar refractivity (Wildman–Crippen MR) is 126 cm³/mol. The van der Waals surface area contributed by atoms with Crippen LogP contribution in [0.5, 0.6) is 0 Å². The molecule has 6 heteroatoms. The molecule has 4 aromatic rings. The molecule has 2 aromatic carbocycles. The SMILES string of the molecule is C=Cn1c2ccccc2c2cc(NC(=O)CN3C=CN(c4ccccn4)C=C3)ccc21. The van der Waals surface area contributed by atoms with Crippen LogP contribution in [0.4, 0.5) is 11.5 Å². The number of aromatic nitrogens is 2. The Morgan fingerprint density at radius 1 is 0.935 bits per heavy atom. The van der Waals surface area contributed by atoms with Crippen LogP contribution < -0.4 is 10.2 Å². The molecule has 0 spiro atoms. The van der Waals surface area contributed by atoms with Gasteiger partial charge >= 0.3 is 0 Å². The molecule has 3 heterocycles. The number of nitrogens with zero attached hydrogens (tertiary/aromatic N) is 4. The zero-order valence-electron chi connectivity index (χ0n) is 16.8. The zero-order valence-corrected chi connectivity index (χ0v) is 16.8. The highest BCUT2D eigenvalue weighted by Gasteiger charge is 2.13. The van der Waals surface area contributed by atoms with E-state index in [0.717, 1.165) is 33.3 Å². The van der Waals surface area contributed by atoms with Gasteiger partial charge in [-0.2, -0.15) is 0 Å². The fourth-order valence-electron chi connectivity index (χ4n) is 3.82. The van der Waals surface area contributed by atoms with E-state index >= 15 is 0 Å². The molecule has 2 aromatic heterocycles. The van der Waals surface area contributed by atoms with Crippen LogP contribution in [0, 0.1) is 0 Å². The first-order valence-electron chi connectivity index (χ1n) is 10.00. The van der Waals surface area contributed by atoms with Crippen LogP contribution in [0.1, 0.15) is 0 Å². The largest absolute Gasteiger partial charge is 0.342 e. The van der Waals surface area contributed by atoms with Gasteiger partial charge in [-0.05, 0) is 36.4 Å². The maximum atomic E-state index is 12.6. The summed E-state index contributed by atoms with van der Waals surface area (Å²) in [7, 11) is 0. The molecule has 0 aliphatic carbocycles. The topological polar surface area (TPSA) is 53.4 Å². The second-order valence-corrected chi connectivity index (χ2v) is 7.21. The van der Waals surface area contributed by atoms with E-state index < -0.39 is 0 Å². The molecular formula is C25H21N5O. The minimum Gasteiger partial charge on any atom is -0.342 e. The van der Waals surface area contributed by atoms with Crippen LogP contribution in [0.25, 0.3) is 28.0 Å². The second-order valence-electron chi connectivity index (χ2n) is 7.21. The van der Waals surface area contributed by atoms with E-state index in [9.17, 15) is 4.79 Å². The standard InChI is InChI=1S/C25H21N5O/c1-2-30-22-8-4-3-7-20(22)21-17-19(10-11-23(21)30)27-25(31)18-28-13-15-29(16-14-28)24-9-5-6-12-26-24/h2-17H,1,18H2,(H,27,31). The molecule has 1 amide bonds. The van der Waals surface area contributed by atoms with Gasteiger partial charge in [-0.15, -0.1) is 0 Å². The first kappa shape index (κ1) is 18.7. The van der Waals surface area contributed by atoms with Crippen molar-refractivity contribution in [2.75, 3.05) is 16.8 Å². The maximum absolute atomic E-state index is 12.6. The van der Waals surface area contributed by atoms with Crippen molar-refractivity contribution in [1.82, 2.24) is 14.5 Å². The van der Waals surface area contributed by atoms with E-state index in [1.54, 1.807) is 6.20 Å². The highest BCUT2D eigenvalue weighted by atomic mass is 16.2. The van der Waals surface area contributed by atoms with Gasteiger partial charge in [0.1, 0.15) is 12.4 Å². The van der Waals surface area contributed by atoms with Crippen LogP contribution in [-0.4, -0.2) is 26.9 Å². The number of carbonyl (C=O) groups is 1. The smallest absolute Gasteiger partial charge is 0.244 e. The summed E-state index contributed by atoms with van der Waals surface area (Å²) >= 11 is 0. The molecule has 1 aliphatic rings. The number of anilines is 2. The van der Waals surface area contributed by atoms with Gasteiger partial charge in [0.2, 0.25) is 5.91 Å². The number of fused-ring (bicyclic) bond motifs is 3. The number of hydrogen-bond donors (Lipinski definition) is 1. The van der Waals surface area contributed by atoms with Crippen LogP contribution in [0.15, 0.2) is 98.2 Å². The van der Waals surface area contributed by atoms with E-state index in [1.165, 1.54) is 0 Å². The number of para-hydroxylation sites is 1. The zero-order chi connectivity index (χ0) is 21.2. The van der Waals surface area contributed by atoms with Gasteiger partial charge in [0.15, 0.2) is 0 Å². The maximum Gasteiger partial charge on any atom is 0.244 e. The lowest BCUT2D eigenvalue weighted by Gasteiger charge is -2.23. The molecule has 0 bridgehead atoms. The molecule has 1 aliphatic heterocycles. The third-order valence-corrected chi connectivity index (χ3v) is 5.25. The van der Waals surface area contributed by atoms with Crippen LogP contribution in [0.2, 0.25) is 0 Å². The Hall–Kier alpha value is -4.32. The monoisotopic (exact) mass is 407 g/mol. The number of nitrogens with one attached hydrogen (secondary N) is 1. The molecule has 0 fully saturated rings. The molecule has 0 radical (unpaired) electrons. The summed E-state index contributed by atoms with van der Waals surface area (Å²) in [5.74, 6) is 0.735. The highest BCUT2D eigenvalue weighted by Crippen LogP contribution is 2.31. The summed E-state index contributed by atoms with van der Waals surface area (Å²) in [6.45, 7) is 4.15. The summed E-state index contributed by atoms with van der Waals surface area (Å²) in [6, 6.07) is 19.9. The lowest BCUT2D eigenvalue weighted by atomic mass is 10.1. The van der Waals surface area contributed by atoms with E-state index in [-0.39, 0.29) is 12.5 Å². The lowest BCUT2D eigenvalue weighted by Crippen LogP contribution is -2.28. The van der Waals surface area contributed by atoms with Crippen LogP contribution >= 0.6 is 0 Å². The number of pyridine rings is 1. The fourth-order valence-corrected chi connectivity index (χ4v) is 3.82. The van der Waals surface area contributed by atoms with Crippen molar-refractivity contribution in [2.24, 2.45) is 0 Å². The molecule has 0 saturated heterocycles. The van der Waals surface area contributed by atoms with Gasteiger partial charge in [0.05, 0.1) is 11.0 Å². The number of carbonyl (C=O) groups excluding carboxylic acids is 1. The van der Waals surface area contributed by atoms with Crippen molar-refractivity contribution in [3.05, 3.63) is 98.2 Å². The molecule has 31 heavy (non-hydrogen) atoms. The molecule has 0 saturated carbocycles. The van der Waals surface area contributed by atoms with Gasteiger partial charge < -0.3 is 19.7 Å². The summed E-state index contributed by atoms with van der Waals surface area (Å²) in [4.78, 5) is 20.7. The number of benzene rings is 2. The van der Waals surface area contributed by atoms with Crippen LogP contribution in [0.3, 0.4) is 0 Å². The Balaban J connectivity index is 1.30. The van der Waals surface area contributed by atoms with Crippen molar-refractivity contribution in [1.29, 1.82) is 0 Å². The molecule has 6 nitrogen and oxygen atoms in total. The summed E-state index contributed by atoms with van der Waals surface area (Å²) < 4.78 is 2.06. The minimum atomic E-state index is -0.0904. The average molecular weight is 407 g/mol. The predicted octanol–water partition coefficient (Wildman–Crippen LogP) is 4.99. The molecule has 152 valence electrons. The Labute approximate surface area is 180 Å². The quantitative estimate of drug-likeness (QED) is 0.506. The molecule has 1 N–H and O–H groups in total. The van der Waals surface area contributed by atoms with Gasteiger partial charge in [-0.3, -0.25) is 4.79 Å². The van der Waals surface area contributed by atoms with E-state index in [2.05, 4.69) is 33.6 Å². The summed E-state index contributed by atoms with van der Waals surface area (Å²) in [5.41, 5.74) is 2.92. The Morgan fingerprint density at radius 2 is 1.71 bits per heavy atom. The van der Waals surface area contributed by atoms with Crippen molar-refractivity contribution >= 4 is 45.4 Å². The normalized spacial score (nSPS) is 13.2. The summed E-state index contributed by atoms with van der Waals surface area (Å²) in [6.07, 6.45) is 11.0. The van der Waals surface area contributed by atoms with Crippen molar-refractivity contribution in [2.45, 2.75) is 0 Å². The van der Waals surface area contributed by atoms with Gasteiger partial charge in [0.25, 0.3) is 0 Å². The number of hydrogen-bond acceptors (Lipinski definition) is 4. The van der Waals surface area contributed by atoms with Gasteiger partial charge in [-0.25, -0.2) is 4.98 Å². The van der Waals surface area contributed by atoms with E-state index in [1.807, 2.05) is 89.3 Å². The Kier molecular flexibility index (Phi) is 4.72. The Bertz CT molecular complexity index is 1320. The Morgan fingerprint density at radius 3 is 2.48 bits per heavy atom. The minimum absolute atomic E-state index is 0.0904. The number of rotatable bonds is 5. The highest BCUT2D eigenvalue weighted by molar-refractivity contribution is 6.11. The van der Waals surface area contributed by atoms with Crippen molar-refractivity contribution in [3.63, 3.8) is 0 Å². The van der Waals surface area contributed by atoms with Crippen LogP contribution in [-0.2, 0) is 4.79 Å². The fraction of sp³-hybridized carbons (Fsp3) is 0.0400. The summed E-state index contributed by atoms with van der Waals surface area (Å²) in [5, 5.41) is 5.22. The first-order chi connectivity index (χ1) is 15.2. The molecule has 0 atom stereocenters. The third-order valence-electron chi connectivity index (χ3n) is 5.25. The molecular weight excluding hydrogens is 386 g/mol. The van der Waals surface area contributed by atoms with Gasteiger partial charge in [0, 0.05) is 53.7 Å². The molecule has 5 rings (SSSR count). The lowest BCUT2D eigenvalue weighted by molar-refractivity contribution is -0.116. The number of amides is 1. The van der Waals surface area contributed by atoms with E-state index in [0.29, 0.717) is 0 Å². The molecule has 0 unspecified atom stereocenters.